The number of aromatic nitrogens is 2. The molecule has 100 valence electrons. The fourth-order valence-corrected chi connectivity index (χ4v) is 3.09. The summed E-state index contributed by atoms with van der Waals surface area (Å²) >= 11 is 0. The SMILES string of the molecule is Cc1ccc(C)n1-c1ccc([C@H]2CCCN2C)cn1. The van der Waals surface area contributed by atoms with E-state index in [1.54, 1.807) is 0 Å². The Bertz CT molecular complexity index is 549. The molecule has 1 atom stereocenters. The van der Waals surface area contributed by atoms with Crippen LogP contribution in [0.2, 0.25) is 0 Å². The lowest BCUT2D eigenvalue weighted by molar-refractivity contribution is 0.317. The normalized spacial score (nSPS) is 20.1. The van der Waals surface area contributed by atoms with Crippen molar-refractivity contribution in [3.63, 3.8) is 0 Å². The summed E-state index contributed by atoms with van der Waals surface area (Å²) in [5.74, 6) is 1.02. The number of hydrogen-bond acceptors (Lipinski definition) is 2. The molecule has 1 saturated heterocycles. The molecule has 0 saturated carbocycles. The molecule has 3 rings (SSSR count). The minimum absolute atomic E-state index is 0.549. The summed E-state index contributed by atoms with van der Waals surface area (Å²) in [6.07, 6.45) is 4.58. The Hall–Kier alpha value is -1.61. The Morgan fingerprint density at radius 1 is 1.11 bits per heavy atom. The first-order valence-electron chi connectivity index (χ1n) is 6.98. The standard InChI is InChI=1S/C16H21N3/c1-12-6-7-13(2)19(12)16-9-8-14(11-17-16)15-5-4-10-18(15)3/h6-9,11,15H,4-5,10H2,1-3H3/t15-/m1/s1. The summed E-state index contributed by atoms with van der Waals surface area (Å²) in [7, 11) is 2.20. The van der Waals surface area contributed by atoms with Gasteiger partial charge in [-0.3, -0.25) is 4.90 Å². The topological polar surface area (TPSA) is 21.1 Å². The highest BCUT2D eigenvalue weighted by Crippen LogP contribution is 2.30. The van der Waals surface area contributed by atoms with Gasteiger partial charge in [0.05, 0.1) is 0 Å². The summed E-state index contributed by atoms with van der Waals surface area (Å²) in [6, 6.07) is 9.19. The molecule has 0 aromatic carbocycles. The molecule has 0 amide bonds. The van der Waals surface area contributed by atoms with Crippen LogP contribution in [0.15, 0.2) is 30.5 Å². The lowest BCUT2D eigenvalue weighted by Gasteiger charge is -2.19. The number of rotatable bonds is 2. The van der Waals surface area contributed by atoms with E-state index in [4.69, 9.17) is 0 Å². The van der Waals surface area contributed by atoms with E-state index >= 15 is 0 Å². The maximum atomic E-state index is 4.66. The molecule has 0 radical (unpaired) electrons. The average Bonchev–Trinajstić information content (AvgIpc) is 2.97. The van der Waals surface area contributed by atoms with E-state index in [0.717, 1.165) is 5.82 Å². The van der Waals surface area contributed by atoms with Crippen molar-refractivity contribution < 1.29 is 0 Å². The lowest BCUT2D eigenvalue weighted by atomic mass is 10.1. The number of aryl methyl sites for hydroxylation is 2. The van der Waals surface area contributed by atoms with E-state index in [2.05, 4.69) is 59.6 Å². The van der Waals surface area contributed by atoms with Gasteiger partial charge in [0.25, 0.3) is 0 Å². The molecule has 0 bridgehead atoms. The molecule has 1 aliphatic rings. The van der Waals surface area contributed by atoms with Gasteiger partial charge in [0.1, 0.15) is 5.82 Å². The molecule has 3 nitrogen and oxygen atoms in total. The van der Waals surface area contributed by atoms with Gasteiger partial charge in [-0.25, -0.2) is 4.98 Å². The van der Waals surface area contributed by atoms with E-state index < -0.39 is 0 Å². The smallest absolute Gasteiger partial charge is 0.136 e. The van der Waals surface area contributed by atoms with E-state index in [1.165, 1.54) is 36.3 Å². The summed E-state index contributed by atoms with van der Waals surface area (Å²) in [4.78, 5) is 7.08. The van der Waals surface area contributed by atoms with Crippen LogP contribution in [0.4, 0.5) is 0 Å². The molecule has 3 heteroatoms. The summed E-state index contributed by atoms with van der Waals surface area (Å²) in [5.41, 5.74) is 3.80. The first kappa shape index (κ1) is 12.4. The third-order valence-corrected chi connectivity index (χ3v) is 4.18. The Morgan fingerprint density at radius 3 is 2.37 bits per heavy atom. The van der Waals surface area contributed by atoms with Gasteiger partial charge in [0, 0.05) is 23.6 Å². The van der Waals surface area contributed by atoms with Crippen molar-refractivity contribution in [1.29, 1.82) is 0 Å². The molecule has 0 aliphatic carbocycles. The van der Waals surface area contributed by atoms with Crippen molar-refractivity contribution in [3.8, 4) is 5.82 Å². The molecule has 1 aliphatic heterocycles. The van der Waals surface area contributed by atoms with Gasteiger partial charge >= 0.3 is 0 Å². The van der Waals surface area contributed by atoms with Crippen molar-refractivity contribution >= 4 is 0 Å². The zero-order valence-electron chi connectivity index (χ0n) is 11.9. The molecule has 1 fully saturated rings. The fraction of sp³-hybridized carbons (Fsp3) is 0.438. The summed E-state index contributed by atoms with van der Waals surface area (Å²) in [5, 5.41) is 0. The average molecular weight is 255 g/mol. The second-order valence-electron chi connectivity index (χ2n) is 5.54. The Morgan fingerprint density at radius 2 is 1.84 bits per heavy atom. The van der Waals surface area contributed by atoms with Crippen LogP contribution in [0.3, 0.4) is 0 Å². The van der Waals surface area contributed by atoms with E-state index in [1.807, 2.05) is 6.20 Å². The molecule has 0 N–H and O–H groups in total. The second-order valence-corrected chi connectivity index (χ2v) is 5.54. The molecule has 2 aromatic rings. The third-order valence-electron chi connectivity index (χ3n) is 4.18. The number of nitrogens with zero attached hydrogens (tertiary/aromatic N) is 3. The monoisotopic (exact) mass is 255 g/mol. The largest absolute Gasteiger partial charge is 0.303 e. The van der Waals surface area contributed by atoms with Crippen LogP contribution in [0.5, 0.6) is 0 Å². The number of likely N-dealkylation sites (tertiary alicyclic amines) is 1. The zero-order valence-corrected chi connectivity index (χ0v) is 11.9. The molecule has 0 spiro atoms. The highest BCUT2D eigenvalue weighted by molar-refractivity contribution is 5.33. The van der Waals surface area contributed by atoms with Crippen LogP contribution < -0.4 is 0 Å². The summed E-state index contributed by atoms with van der Waals surface area (Å²) < 4.78 is 2.20. The van der Waals surface area contributed by atoms with Gasteiger partial charge in [-0.15, -0.1) is 0 Å². The second kappa shape index (κ2) is 4.82. The number of hydrogen-bond donors (Lipinski definition) is 0. The van der Waals surface area contributed by atoms with Gasteiger partial charge in [0.15, 0.2) is 0 Å². The van der Waals surface area contributed by atoms with Crippen LogP contribution in [0.1, 0.15) is 35.8 Å². The maximum absolute atomic E-state index is 4.66. The van der Waals surface area contributed by atoms with Crippen LogP contribution in [-0.2, 0) is 0 Å². The Kier molecular flexibility index (Phi) is 3.15. The van der Waals surface area contributed by atoms with Crippen LogP contribution in [0, 0.1) is 13.8 Å². The molecular formula is C16H21N3. The van der Waals surface area contributed by atoms with Crippen LogP contribution in [-0.4, -0.2) is 28.0 Å². The van der Waals surface area contributed by atoms with Gasteiger partial charge in [-0.2, -0.15) is 0 Å². The summed E-state index contributed by atoms with van der Waals surface area (Å²) in [6.45, 7) is 5.43. The minimum atomic E-state index is 0.549. The quantitative estimate of drug-likeness (QED) is 0.821. The maximum Gasteiger partial charge on any atom is 0.136 e. The predicted octanol–water partition coefficient (Wildman–Crippen LogP) is 3.26. The molecule has 3 heterocycles. The van der Waals surface area contributed by atoms with Crippen molar-refractivity contribution in [1.82, 2.24) is 14.5 Å². The zero-order chi connectivity index (χ0) is 13.4. The lowest BCUT2D eigenvalue weighted by Crippen LogP contribution is -2.17. The minimum Gasteiger partial charge on any atom is -0.303 e. The van der Waals surface area contributed by atoms with Crippen molar-refractivity contribution in [2.24, 2.45) is 0 Å². The van der Waals surface area contributed by atoms with Crippen molar-refractivity contribution in [2.75, 3.05) is 13.6 Å². The Balaban J connectivity index is 1.91. The van der Waals surface area contributed by atoms with Gasteiger partial charge in [-0.05, 0) is 64.0 Å². The molecular weight excluding hydrogens is 234 g/mol. The first-order chi connectivity index (χ1) is 9.16. The fourth-order valence-electron chi connectivity index (χ4n) is 3.09. The van der Waals surface area contributed by atoms with Crippen molar-refractivity contribution in [2.45, 2.75) is 32.7 Å². The van der Waals surface area contributed by atoms with Crippen molar-refractivity contribution in [3.05, 3.63) is 47.4 Å². The highest BCUT2D eigenvalue weighted by atomic mass is 15.1. The Labute approximate surface area is 114 Å². The molecule has 2 aromatic heterocycles. The first-order valence-corrected chi connectivity index (χ1v) is 6.98. The molecule has 19 heavy (non-hydrogen) atoms. The van der Waals surface area contributed by atoms with Gasteiger partial charge in [-0.1, -0.05) is 6.07 Å². The van der Waals surface area contributed by atoms with Gasteiger partial charge < -0.3 is 4.57 Å². The van der Waals surface area contributed by atoms with Crippen LogP contribution in [0.25, 0.3) is 5.82 Å². The van der Waals surface area contributed by atoms with Gasteiger partial charge in [0.2, 0.25) is 0 Å². The van der Waals surface area contributed by atoms with E-state index in [-0.39, 0.29) is 0 Å². The van der Waals surface area contributed by atoms with E-state index in [9.17, 15) is 0 Å². The third kappa shape index (κ3) is 2.19. The van der Waals surface area contributed by atoms with Crippen LogP contribution >= 0.6 is 0 Å². The molecule has 0 unspecified atom stereocenters. The predicted molar refractivity (Wildman–Crippen MR) is 77.6 cm³/mol. The highest BCUT2D eigenvalue weighted by Gasteiger charge is 2.22. The van der Waals surface area contributed by atoms with E-state index in [0.29, 0.717) is 6.04 Å². The number of pyridine rings is 1.